The van der Waals surface area contributed by atoms with Gasteiger partial charge >= 0.3 is 0 Å². The van der Waals surface area contributed by atoms with Crippen LogP contribution in [0.5, 0.6) is 5.75 Å². The van der Waals surface area contributed by atoms with Gasteiger partial charge in [-0.25, -0.2) is 8.42 Å². The number of hydrogen-bond donors (Lipinski definition) is 1. The summed E-state index contributed by atoms with van der Waals surface area (Å²) in [6, 6.07) is 8.83. The molecule has 1 amide bonds. The molecule has 0 bridgehead atoms. The normalized spacial score (nSPS) is 15.1. The molecule has 1 aliphatic rings. The minimum absolute atomic E-state index is 0.00690. The highest BCUT2D eigenvalue weighted by molar-refractivity contribution is 7.89. The molecule has 2 aromatic carbocycles. The molecular formula is C21H23Cl3N2O4S. The van der Waals surface area contributed by atoms with Gasteiger partial charge in [-0.15, -0.1) is 0 Å². The molecular weight excluding hydrogens is 483 g/mol. The summed E-state index contributed by atoms with van der Waals surface area (Å²) >= 11 is 18.4. The highest BCUT2D eigenvalue weighted by Crippen LogP contribution is 2.33. The maximum atomic E-state index is 13.5. The fraction of sp³-hybridized carbons (Fsp3) is 0.381. The third-order valence-corrected chi connectivity index (χ3v) is 8.06. The first-order valence-corrected chi connectivity index (χ1v) is 12.4. The standard InChI is InChI=1S/C21H23Cl3N2O4S/c1-30-19-11-10-15(12-18(19)24)31(28,29)26(14-6-3-2-4-7-14)13-20(27)25-21-16(22)8-5-9-17(21)23/h5,8-12,14H,2-4,6-7,13H2,1H3,(H,25,27). The number of nitrogens with one attached hydrogen (secondary N) is 1. The van der Waals surface area contributed by atoms with Gasteiger partial charge in [-0.1, -0.05) is 60.1 Å². The van der Waals surface area contributed by atoms with Crippen LogP contribution in [0, 0.1) is 0 Å². The summed E-state index contributed by atoms with van der Waals surface area (Å²) in [4.78, 5) is 12.8. The average molecular weight is 506 g/mol. The lowest BCUT2D eigenvalue weighted by molar-refractivity contribution is -0.116. The minimum Gasteiger partial charge on any atom is -0.495 e. The van der Waals surface area contributed by atoms with Crippen molar-refractivity contribution in [3.8, 4) is 5.75 Å². The van der Waals surface area contributed by atoms with Gasteiger partial charge in [-0.3, -0.25) is 4.79 Å². The first-order valence-electron chi connectivity index (χ1n) is 9.83. The lowest BCUT2D eigenvalue weighted by Crippen LogP contribution is -2.45. The molecule has 6 nitrogen and oxygen atoms in total. The molecule has 0 spiro atoms. The molecule has 168 valence electrons. The molecule has 1 N–H and O–H groups in total. The van der Waals surface area contributed by atoms with Crippen molar-refractivity contribution in [2.45, 2.75) is 43.0 Å². The number of anilines is 1. The van der Waals surface area contributed by atoms with Crippen LogP contribution in [-0.2, 0) is 14.8 Å². The van der Waals surface area contributed by atoms with Crippen molar-refractivity contribution in [3.63, 3.8) is 0 Å². The number of amides is 1. The Hall–Kier alpha value is -1.51. The maximum absolute atomic E-state index is 13.5. The second-order valence-electron chi connectivity index (χ2n) is 7.28. The molecule has 31 heavy (non-hydrogen) atoms. The van der Waals surface area contributed by atoms with E-state index in [9.17, 15) is 13.2 Å². The number of ether oxygens (including phenoxy) is 1. The maximum Gasteiger partial charge on any atom is 0.243 e. The molecule has 0 aromatic heterocycles. The number of rotatable bonds is 7. The van der Waals surface area contributed by atoms with Gasteiger partial charge in [-0.05, 0) is 43.2 Å². The molecule has 0 atom stereocenters. The van der Waals surface area contributed by atoms with Gasteiger partial charge in [-0.2, -0.15) is 4.31 Å². The lowest BCUT2D eigenvalue weighted by Gasteiger charge is -2.33. The van der Waals surface area contributed by atoms with Gasteiger partial charge in [0.15, 0.2) is 0 Å². The van der Waals surface area contributed by atoms with Crippen LogP contribution in [0.15, 0.2) is 41.3 Å². The molecule has 0 aliphatic heterocycles. The van der Waals surface area contributed by atoms with Crippen LogP contribution in [0.25, 0.3) is 0 Å². The van der Waals surface area contributed by atoms with E-state index < -0.39 is 15.9 Å². The number of para-hydroxylation sites is 1. The summed E-state index contributed by atoms with van der Waals surface area (Å²) in [5.74, 6) is -0.153. The van der Waals surface area contributed by atoms with Crippen molar-refractivity contribution in [2.75, 3.05) is 19.0 Å². The number of carbonyl (C=O) groups is 1. The largest absolute Gasteiger partial charge is 0.495 e. The van der Waals surface area contributed by atoms with Crippen molar-refractivity contribution in [3.05, 3.63) is 51.5 Å². The average Bonchev–Trinajstić information content (AvgIpc) is 2.75. The van der Waals surface area contributed by atoms with Gasteiger partial charge in [0.05, 0.1) is 39.3 Å². The summed E-state index contributed by atoms with van der Waals surface area (Å²) in [6.45, 7) is -0.363. The SMILES string of the molecule is COc1ccc(S(=O)(=O)N(CC(=O)Nc2c(Cl)cccc2Cl)C2CCCCC2)cc1Cl. The molecule has 3 rings (SSSR count). The van der Waals surface area contributed by atoms with Crippen LogP contribution in [0.1, 0.15) is 32.1 Å². The summed E-state index contributed by atoms with van der Waals surface area (Å²) in [7, 11) is -2.54. The first kappa shape index (κ1) is 24.1. The van der Waals surface area contributed by atoms with Crippen LogP contribution >= 0.6 is 34.8 Å². The summed E-state index contributed by atoms with van der Waals surface area (Å²) < 4.78 is 33.4. The Bertz CT molecular complexity index is 1040. The molecule has 2 aromatic rings. The van der Waals surface area contributed by atoms with Crippen LogP contribution in [0.2, 0.25) is 15.1 Å². The quantitative estimate of drug-likeness (QED) is 0.530. The van der Waals surface area contributed by atoms with Crippen LogP contribution in [0.4, 0.5) is 5.69 Å². The highest BCUT2D eigenvalue weighted by Gasteiger charge is 2.34. The predicted molar refractivity (Wildman–Crippen MR) is 124 cm³/mol. The van der Waals surface area contributed by atoms with E-state index in [4.69, 9.17) is 39.5 Å². The van der Waals surface area contributed by atoms with Crippen molar-refractivity contribution in [1.82, 2.24) is 4.31 Å². The number of benzene rings is 2. The van der Waals surface area contributed by atoms with E-state index in [-0.39, 0.29) is 38.2 Å². The van der Waals surface area contributed by atoms with Gasteiger partial charge in [0, 0.05) is 6.04 Å². The van der Waals surface area contributed by atoms with E-state index in [2.05, 4.69) is 5.32 Å². The van der Waals surface area contributed by atoms with E-state index in [0.29, 0.717) is 18.6 Å². The predicted octanol–water partition coefficient (Wildman–Crippen LogP) is 5.62. The molecule has 0 unspecified atom stereocenters. The monoisotopic (exact) mass is 504 g/mol. The van der Waals surface area contributed by atoms with Crippen molar-refractivity contribution >= 4 is 56.4 Å². The highest BCUT2D eigenvalue weighted by atomic mass is 35.5. The molecule has 0 saturated heterocycles. The van der Waals surface area contributed by atoms with Crippen LogP contribution in [0.3, 0.4) is 0 Å². The van der Waals surface area contributed by atoms with E-state index in [1.165, 1.54) is 29.6 Å². The zero-order valence-corrected chi connectivity index (χ0v) is 20.0. The van der Waals surface area contributed by atoms with Crippen LogP contribution in [-0.4, -0.2) is 38.3 Å². The zero-order valence-electron chi connectivity index (χ0n) is 16.9. The molecule has 1 aliphatic carbocycles. The Morgan fingerprint density at radius 1 is 1.06 bits per heavy atom. The zero-order chi connectivity index (χ0) is 22.6. The van der Waals surface area contributed by atoms with Gasteiger partial charge in [0.25, 0.3) is 0 Å². The summed E-state index contributed by atoms with van der Waals surface area (Å²) in [5.41, 5.74) is 0.254. The molecule has 10 heteroatoms. The molecule has 0 radical (unpaired) electrons. The fourth-order valence-corrected chi connectivity index (χ4v) is 6.14. The Balaban J connectivity index is 1.90. The Morgan fingerprint density at radius 3 is 2.29 bits per heavy atom. The smallest absolute Gasteiger partial charge is 0.243 e. The first-order chi connectivity index (χ1) is 14.7. The van der Waals surface area contributed by atoms with E-state index in [0.717, 1.165) is 19.3 Å². The molecule has 0 heterocycles. The van der Waals surface area contributed by atoms with E-state index in [1.807, 2.05) is 0 Å². The Kier molecular flexibility index (Phi) is 8.10. The lowest BCUT2D eigenvalue weighted by atomic mass is 9.95. The van der Waals surface area contributed by atoms with Gasteiger partial charge in [0.2, 0.25) is 15.9 Å². The summed E-state index contributed by atoms with van der Waals surface area (Å²) in [6.07, 6.45) is 4.21. The second kappa shape index (κ2) is 10.4. The number of nitrogens with zero attached hydrogens (tertiary/aromatic N) is 1. The van der Waals surface area contributed by atoms with Gasteiger partial charge in [0.1, 0.15) is 5.75 Å². The van der Waals surface area contributed by atoms with E-state index in [1.54, 1.807) is 18.2 Å². The molecule has 1 fully saturated rings. The second-order valence-corrected chi connectivity index (χ2v) is 10.4. The minimum atomic E-state index is -3.99. The number of hydrogen-bond acceptors (Lipinski definition) is 4. The Labute approximate surface area is 197 Å². The van der Waals surface area contributed by atoms with Crippen molar-refractivity contribution in [1.29, 1.82) is 0 Å². The third kappa shape index (κ3) is 5.65. The fourth-order valence-electron chi connectivity index (χ4n) is 3.66. The van der Waals surface area contributed by atoms with E-state index >= 15 is 0 Å². The molecule has 1 saturated carbocycles. The van der Waals surface area contributed by atoms with Gasteiger partial charge < -0.3 is 10.1 Å². The number of carbonyl (C=O) groups excluding carboxylic acids is 1. The number of methoxy groups -OCH3 is 1. The third-order valence-electron chi connectivity index (χ3n) is 5.24. The summed E-state index contributed by atoms with van der Waals surface area (Å²) in [5, 5.41) is 3.37. The Morgan fingerprint density at radius 2 is 1.71 bits per heavy atom. The van der Waals surface area contributed by atoms with Crippen LogP contribution < -0.4 is 10.1 Å². The topological polar surface area (TPSA) is 75.7 Å². The number of halogens is 3. The van der Waals surface area contributed by atoms with Crippen molar-refractivity contribution in [2.24, 2.45) is 0 Å². The van der Waals surface area contributed by atoms with Crippen molar-refractivity contribution < 1.29 is 17.9 Å². The number of sulfonamides is 1.